The van der Waals surface area contributed by atoms with Gasteiger partial charge in [-0.2, -0.15) is 0 Å². The van der Waals surface area contributed by atoms with E-state index in [1.54, 1.807) is 0 Å². The number of Topliss-reactive ketones (excluding diaryl/α,β-unsaturated/α-hetero) is 1. The second kappa shape index (κ2) is 3.74. The van der Waals surface area contributed by atoms with Crippen LogP contribution in [-0.2, 0) is 4.79 Å². The standard InChI is InChI=1S/C12H13ClO/c1-8-9(6-7-12(8)14)10-4-2-3-5-11(10)13/h2-5,8-9H,6-7H2,1H3. The van der Waals surface area contributed by atoms with E-state index in [1.165, 1.54) is 0 Å². The van der Waals surface area contributed by atoms with E-state index < -0.39 is 0 Å². The summed E-state index contributed by atoms with van der Waals surface area (Å²) in [5.74, 6) is 0.834. The molecule has 1 aromatic carbocycles. The molecule has 2 heteroatoms. The number of rotatable bonds is 1. The Bertz CT molecular complexity index is 359. The molecule has 74 valence electrons. The van der Waals surface area contributed by atoms with Gasteiger partial charge in [0.1, 0.15) is 5.78 Å². The number of hydrogen-bond acceptors (Lipinski definition) is 1. The number of carbonyl (C=O) groups is 1. The van der Waals surface area contributed by atoms with Crippen LogP contribution >= 0.6 is 11.6 Å². The van der Waals surface area contributed by atoms with Crippen molar-refractivity contribution in [1.82, 2.24) is 0 Å². The van der Waals surface area contributed by atoms with Crippen molar-refractivity contribution in [2.75, 3.05) is 0 Å². The van der Waals surface area contributed by atoms with Crippen LogP contribution in [-0.4, -0.2) is 5.78 Å². The van der Waals surface area contributed by atoms with Crippen LogP contribution in [0, 0.1) is 5.92 Å². The van der Waals surface area contributed by atoms with Crippen LogP contribution < -0.4 is 0 Å². The Morgan fingerprint density at radius 2 is 2.07 bits per heavy atom. The molecule has 1 saturated carbocycles. The van der Waals surface area contributed by atoms with E-state index in [1.807, 2.05) is 31.2 Å². The first kappa shape index (κ1) is 9.72. The first-order valence-electron chi connectivity index (χ1n) is 4.97. The minimum absolute atomic E-state index is 0.134. The average molecular weight is 209 g/mol. The predicted molar refractivity (Wildman–Crippen MR) is 57.6 cm³/mol. The van der Waals surface area contributed by atoms with E-state index in [-0.39, 0.29) is 5.92 Å². The number of carbonyl (C=O) groups excluding carboxylic acids is 1. The van der Waals surface area contributed by atoms with E-state index in [2.05, 4.69) is 0 Å². The smallest absolute Gasteiger partial charge is 0.136 e. The van der Waals surface area contributed by atoms with Crippen molar-refractivity contribution in [1.29, 1.82) is 0 Å². The second-order valence-electron chi connectivity index (χ2n) is 3.92. The highest BCUT2D eigenvalue weighted by atomic mass is 35.5. The van der Waals surface area contributed by atoms with Gasteiger partial charge in [-0.15, -0.1) is 0 Å². The lowest BCUT2D eigenvalue weighted by Crippen LogP contribution is -2.09. The second-order valence-corrected chi connectivity index (χ2v) is 4.33. The number of benzene rings is 1. The third-order valence-electron chi connectivity index (χ3n) is 3.12. The molecule has 0 saturated heterocycles. The highest BCUT2D eigenvalue weighted by molar-refractivity contribution is 6.31. The molecule has 1 fully saturated rings. The van der Waals surface area contributed by atoms with Crippen LogP contribution in [0.3, 0.4) is 0 Å². The number of ketones is 1. The Labute approximate surface area is 89.1 Å². The minimum atomic E-state index is 0.134. The summed E-state index contributed by atoms with van der Waals surface area (Å²) in [5.41, 5.74) is 1.13. The summed E-state index contributed by atoms with van der Waals surface area (Å²) in [4.78, 5) is 11.4. The van der Waals surface area contributed by atoms with E-state index >= 15 is 0 Å². The highest BCUT2D eigenvalue weighted by Crippen LogP contribution is 2.39. The maximum atomic E-state index is 11.4. The maximum Gasteiger partial charge on any atom is 0.136 e. The number of halogens is 1. The van der Waals surface area contributed by atoms with Crippen LogP contribution in [0.5, 0.6) is 0 Å². The fourth-order valence-electron chi connectivity index (χ4n) is 2.20. The third-order valence-corrected chi connectivity index (χ3v) is 3.46. The van der Waals surface area contributed by atoms with Gasteiger partial charge in [-0.3, -0.25) is 4.79 Å². The van der Waals surface area contributed by atoms with E-state index in [4.69, 9.17) is 11.6 Å². The van der Waals surface area contributed by atoms with Gasteiger partial charge in [0.15, 0.2) is 0 Å². The molecule has 0 N–H and O–H groups in total. The molecule has 2 rings (SSSR count). The fourth-order valence-corrected chi connectivity index (χ4v) is 2.48. The van der Waals surface area contributed by atoms with Crippen LogP contribution in [0.1, 0.15) is 31.2 Å². The van der Waals surface area contributed by atoms with Gasteiger partial charge in [-0.25, -0.2) is 0 Å². The molecule has 0 heterocycles. The fraction of sp³-hybridized carbons (Fsp3) is 0.417. The van der Waals surface area contributed by atoms with Crippen LogP contribution in [0.25, 0.3) is 0 Å². The Morgan fingerprint density at radius 3 is 2.64 bits per heavy atom. The molecule has 0 bridgehead atoms. The Balaban J connectivity index is 2.32. The van der Waals surface area contributed by atoms with Crippen molar-refractivity contribution in [2.45, 2.75) is 25.7 Å². The van der Waals surface area contributed by atoms with Gasteiger partial charge >= 0.3 is 0 Å². The minimum Gasteiger partial charge on any atom is -0.299 e. The first-order valence-corrected chi connectivity index (χ1v) is 5.35. The summed E-state index contributed by atoms with van der Waals surface area (Å²) in [6.07, 6.45) is 1.65. The zero-order chi connectivity index (χ0) is 10.1. The molecule has 14 heavy (non-hydrogen) atoms. The lowest BCUT2D eigenvalue weighted by Gasteiger charge is -2.15. The summed E-state index contributed by atoms with van der Waals surface area (Å²) in [7, 11) is 0. The summed E-state index contributed by atoms with van der Waals surface area (Å²) < 4.78 is 0. The van der Waals surface area contributed by atoms with Crippen molar-refractivity contribution in [3.8, 4) is 0 Å². The van der Waals surface area contributed by atoms with Crippen molar-refractivity contribution >= 4 is 17.4 Å². The van der Waals surface area contributed by atoms with Crippen molar-refractivity contribution in [3.63, 3.8) is 0 Å². The molecule has 2 atom stereocenters. The van der Waals surface area contributed by atoms with Gasteiger partial charge in [0.2, 0.25) is 0 Å². The molecule has 0 aromatic heterocycles. The highest BCUT2D eigenvalue weighted by Gasteiger charge is 2.32. The zero-order valence-electron chi connectivity index (χ0n) is 8.16. The lowest BCUT2D eigenvalue weighted by molar-refractivity contribution is -0.120. The molecule has 1 nitrogen and oxygen atoms in total. The summed E-state index contributed by atoms with van der Waals surface area (Å²) in [6, 6.07) is 7.83. The SMILES string of the molecule is CC1C(=O)CCC1c1ccccc1Cl. The summed E-state index contributed by atoms with van der Waals surface area (Å²) >= 11 is 6.11. The molecular formula is C12H13ClO. The molecule has 0 spiro atoms. The Morgan fingerprint density at radius 1 is 1.36 bits per heavy atom. The van der Waals surface area contributed by atoms with Gasteiger partial charge in [0.25, 0.3) is 0 Å². The molecular weight excluding hydrogens is 196 g/mol. The van der Waals surface area contributed by atoms with Gasteiger partial charge in [-0.1, -0.05) is 36.7 Å². The van der Waals surface area contributed by atoms with Crippen LogP contribution in [0.4, 0.5) is 0 Å². The van der Waals surface area contributed by atoms with Gasteiger partial charge in [0, 0.05) is 17.4 Å². The average Bonchev–Trinajstić information content (AvgIpc) is 2.49. The molecule has 1 aromatic rings. The van der Waals surface area contributed by atoms with Gasteiger partial charge < -0.3 is 0 Å². The monoisotopic (exact) mass is 208 g/mol. The molecule has 0 radical (unpaired) electrons. The van der Waals surface area contributed by atoms with Crippen LogP contribution in [0.2, 0.25) is 5.02 Å². The normalized spacial score (nSPS) is 26.9. The zero-order valence-corrected chi connectivity index (χ0v) is 8.92. The maximum absolute atomic E-state index is 11.4. The molecule has 1 aliphatic carbocycles. The Kier molecular flexibility index (Phi) is 2.60. The Hall–Kier alpha value is -0.820. The molecule has 0 amide bonds. The summed E-state index contributed by atoms with van der Waals surface area (Å²) in [5, 5.41) is 0.791. The van der Waals surface area contributed by atoms with E-state index in [9.17, 15) is 4.79 Å². The van der Waals surface area contributed by atoms with E-state index in [0.717, 1.165) is 17.0 Å². The van der Waals surface area contributed by atoms with Crippen LogP contribution in [0.15, 0.2) is 24.3 Å². The van der Waals surface area contributed by atoms with E-state index in [0.29, 0.717) is 18.1 Å². The summed E-state index contributed by atoms with van der Waals surface area (Å²) in [6.45, 7) is 2.00. The quantitative estimate of drug-likeness (QED) is 0.691. The van der Waals surface area contributed by atoms with Crippen molar-refractivity contribution < 1.29 is 4.79 Å². The third kappa shape index (κ3) is 1.57. The lowest BCUT2D eigenvalue weighted by atomic mass is 9.90. The molecule has 2 unspecified atom stereocenters. The van der Waals surface area contributed by atoms with Gasteiger partial charge in [-0.05, 0) is 24.0 Å². The topological polar surface area (TPSA) is 17.1 Å². The van der Waals surface area contributed by atoms with Gasteiger partial charge in [0.05, 0.1) is 0 Å². The van der Waals surface area contributed by atoms with Crippen molar-refractivity contribution in [2.24, 2.45) is 5.92 Å². The first-order chi connectivity index (χ1) is 6.70. The molecule has 1 aliphatic rings. The predicted octanol–water partition coefficient (Wildman–Crippen LogP) is 3.42. The number of hydrogen-bond donors (Lipinski definition) is 0. The molecule has 0 aliphatic heterocycles. The largest absolute Gasteiger partial charge is 0.299 e. The van der Waals surface area contributed by atoms with Crippen molar-refractivity contribution in [3.05, 3.63) is 34.9 Å².